The van der Waals surface area contributed by atoms with E-state index in [9.17, 15) is 4.57 Å². The molecule has 0 unspecified atom stereocenters. The van der Waals surface area contributed by atoms with Crippen molar-refractivity contribution in [3.63, 3.8) is 0 Å². The molecule has 3 rings (SSSR count). The third kappa shape index (κ3) is 3.16. The molecule has 0 atom stereocenters. The first-order valence-corrected chi connectivity index (χ1v) is 10.7. The second-order valence-electron chi connectivity index (χ2n) is 5.69. The predicted molar refractivity (Wildman–Crippen MR) is 96.2 cm³/mol. The summed E-state index contributed by atoms with van der Waals surface area (Å²) in [6.45, 7) is 8.42. The van der Waals surface area contributed by atoms with Crippen molar-refractivity contribution in [2.75, 3.05) is 19.6 Å². The molecule has 0 saturated carbocycles. The predicted octanol–water partition coefficient (Wildman–Crippen LogP) is 4.93. The average Bonchev–Trinajstić information content (AvgIpc) is 3.11. The summed E-state index contributed by atoms with van der Waals surface area (Å²) >= 11 is 1.66. The van der Waals surface area contributed by atoms with Crippen molar-refractivity contribution >= 4 is 18.9 Å². The molecule has 0 radical (unpaired) electrons. The highest BCUT2D eigenvalue weighted by Crippen LogP contribution is 2.50. The Morgan fingerprint density at radius 2 is 1.96 bits per heavy atom. The Balaban J connectivity index is 1.94. The van der Waals surface area contributed by atoms with Gasteiger partial charge in [-0.05, 0) is 50.5 Å². The number of hydrogen-bond acceptors (Lipinski definition) is 6. The van der Waals surface area contributed by atoms with Crippen LogP contribution in [0.15, 0.2) is 11.6 Å². The number of aromatic nitrogens is 1. The van der Waals surface area contributed by atoms with E-state index in [1.807, 2.05) is 11.6 Å². The van der Waals surface area contributed by atoms with Crippen molar-refractivity contribution < 1.29 is 18.3 Å². The minimum Gasteiger partial charge on any atom is -0.480 e. The van der Waals surface area contributed by atoms with Crippen molar-refractivity contribution in [1.29, 1.82) is 0 Å². The summed E-state index contributed by atoms with van der Waals surface area (Å²) in [6, 6.07) is 1.99. The van der Waals surface area contributed by atoms with E-state index in [4.69, 9.17) is 13.8 Å². The molecule has 130 valence electrons. The van der Waals surface area contributed by atoms with Crippen molar-refractivity contribution in [2.45, 2.75) is 34.1 Å². The van der Waals surface area contributed by atoms with Gasteiger partial charge in [0.05, 0.1) is 24.4 Å². The Morgan fingerprint density at radius 3 is 2.62 bits per heavy atom. The lowest BCUT2D eigenvalue weighted by Crippen LogP contribution is -2.07. The standard InChI is InChI=1S/C17H22NO4PS/c1-5-21-23(19,22-6-2)10-20-14-7-11(3)12(4)13-8-15-17(16(13)14)18-9-24-15/h7,9H,5-6,8,10H2,1-4H3. The molecule has 1 aliphatic rings. The molecule has 0 N–H and O–H groups in total. The van der Waals surface area contributed by atoms with Gasteiger partial charge in [-0.2, -0.15) is 0 Å². The molecule has 1 aliphatic carbocycles. The van der Waals surface area contributed by atoms with Crippen LogP contribution < -0.4 is 4.74 Å². The summed E-state index contributed by atoms with van der Waals surface area (Å²) in [5, 5.41) is 0. The van der Waals surface area contributed by atoms with Gasteiger partial charge < -0.3 is 13.8 Å². The molecule has 1 heterocycles. The molecule has 0 bridgehead atoms. The van der Waals surface area contributed by atoms with E-state index in [2.05, 4.69) is 18.8 Å². The van der Waals surface area contributed by atoms with E-state index < -0.39 is 7.60 Å². The zero-order valence-corrected chi connectivity index (χ0v) is 16.1. The zero-order valence-electron chi connectivity index (χ0n) is 14.4. The van der Waals surface area contributed by atoms with Crippen molar-refractivity contribution in [3.8, 4) is 17.0 Å². The first-order chi connectivity index (χ1) is 11.5. The highest BCUT2D eigenvalue weighted by Gasteiger charge is 2.30. The lowest BCUT2D eigenvalue weighted by Gasteiger charge is -2.19. The Morgan fingerprint density at radius 1 is 1.25 bits per heavy atom. The van der Waals surface area contributed by atoms with Crippen LogP contribution in [0.25, 0.3) is 11.3 Å². The molecule has 0 amide bonds. The number of hydrogen-bond donors (Lipinski definition) is 0. The van der Waals surface area contributed by atoms with Crippen LogP contribution in [0.3, 0.4) is 0 Å². The van der Waals surface area contributed by atoms with E-state index in [1.165, 1.54) is 16.0 Å². The fraction of sp³-hybridized carbons (Fsp3) is 0.471. The minimum atomic E-state index is -3.25. The normalized spacial score (nSPS) is 13.0. The van der Waals surface area contributed by atoms with Crippen LogP contribution in [0, 0.1) is 13.8 Å². The van der Waals surface area contributed by atoms with Crippen LogP contribution in [-0.2, 0) is 20.0 Å². The molecule has 24 heavy (non-hydrogen) atoms. The van der Waals surface area contributed by atoms with E-state index in [0.29, 0.717) is 19.0 Å². The van der Waals surface area contributed by atoms with Crippen LogP contribution in [0.2, 0.25) is 0 Å². The number of aryl methyl sites for hydroxylation is 1. The molecule has 2 aromatic rings. The molecule has 1 aromatic carbocycles. The van der Waals surface area contributed by atoms with Crippen LogP contribution in [0.1, 0.15) is 35.4 Å². The molecular formula is C17H22NO4PS. The minimum absolute atomic E-state index is 0.0942. The summed E-state index contributed by atoms with van der Waals surface area (Å²) in [7, 11) is -3.25. The summed E-state index contributed by atoms with van der Waals surface area (Å²) in [6.07, 6.45) is 0.789. The average molecular weight is 367 g/mol. The molecule has 0 aliphatic heterocycles. The number of benzene rings is 1. The van der Waals surface area contributed by atoms with Crippen LogP contribution >= 0.6 is 18.9 Å². The Kier molecular flexibility index (Phi) is 5.11. The maximum absolute atomic E-state index is 12.7. The third-order valence-electron chi connectivity index (χ3n) is 4.18. The second-order valence-corrected chi connectivity index (χ2v) is 8.63. The number of thiazole rings is 1. The van der Waals surface area contributed by atoms with Crippen LogP contribution in [-0.4, -0.2) is 24.5 Å². The maximum atomic E-state index is 12.7. The molecule has 0 saturated heterocycles. The van der Waals surface area contributed by atoms with Gasteiger partial charge in [0.2, 0.25) is 0 Å². The number of ether oxygens (including phenoxy) is 1. The van der Waals surface area contributed by atoms with Gasteiger partial charge in [0.15, 0.2) is 6.35 Å². The molecule has 7 heteroatoms. The van der Waals surface area contributed by atoms with Gasteiger partial charge in [0.1, 0.15) is 5.75 Å². The Bertz CT molecular complexity index is 792. The Labute approximate surface area is 146 Å². The number of rotatable bonds is 7. The lowest BCUT2D eigenvalue weighted by molar-refractivity contribution is 0.197. The van der Waals surface area contributed by atoms with Crippen molar-refractivity contribution in [1.82, 2.24) is 4.98 Å². The molecule has 0 fully saturated rings. The van der Waals surface area contributed by atoms with Gasteiger partial charge in [-0.1, -0.05) is 0 Å². The smallest absolute Gasteiger partial charge is 0.367 e. The topological polar surface area (TPSA) is 57.7 Å². The van der Waals surface area contributed by atoms with E-state index >= 15 is 0 Å². The van der Waals surface area contributed by atoms with Crippen molar-refractivity contribution in [2.24, 2.45) is 0 Å². The molecule has 1 aromatic heterocycles. The van der Waals surface area contributed by atoms with E-state index in [0.717, 1.165) is 23.2 Å². The van der Waals surface area contributed by atoms with Crippen molar-refractivity contribution in [3.05, 3.63) is 33.1 Å². The third-order valence-corrected chi connectivity index (χ3v) is 6.77. The van der Waals surface area contributed by atoms with E-state index in [1.54, 1.807) is 25.2 Å². The summed E-state index contributed by atoms with van der Waals surface area (Å²) in [5.41, 5.74) is 7.53. The largest absolute Gasteiger partial charge is 0.480 e. The highest BCUT2D eigenvalue weighted by atomic mass is 32.1. The summed E-state index contributed by atoms with van der Waals surface area (Å²) < 4.78 is 29.2. The molecule has 5 nitrogen and oxygen atoms in total. The van der Waals surface area contributed by atoms with Gasteiger partial charge >= 0.3 is 7.60 Å². The van der Waals surface area contributed by atoms with Crippen LogP contribution in [0.4, 0.5) is 0 Å². The molecule has 0 spiro atoms. The highest BCUT2D eigenvalue weighted by molar-refractivity contribution is 7.53. The monoisotopic (exact) mass is 367 g/mol. The van der Waals surface area contributed by atoms with Gasteiger partial charge in [0, 0.05) is 16.9 Å². The quantitative estimate of drug-likeness (QED) is 0.554. The van der Waals surface area contributed by atoms with Gasteiger partial charge in [0.25, 0.3) is 0 Å². The lowest BCUT2D eigenvalue weighted by atomic mass is 9.98. The number of fused-ring (bicyclic) bond motifs is 3. The Hall–Kier alpha value is -1.20. The fourth-order valence-corrected chi connectivity index (χ4v) is 5.05. The fourth-order valence-electron chi connectivity index (χ4n) is 2.96. The van der Waals surface area contributed by atoms with Gasteiger partial charge in [-0.15, -0.1) is 11.3 Å². The summed E-state index contributed by atoms with van der Waals surface area (Å²) in [4.78, 5) is 5.74. The molecular weight excluding hydrogens is 345 g/mol. The zero-order chi connectivity index (χ0) is 17.3. The van der Waals surface area contributed by atoms with Gasteiger partial charge in [-0.25, -0.2) is 4.98 Å². The first-order valence-electron chi connectivity index (χ1n) is 8.05. The van der Waals surface area contributed by atoms with Gasteiger partial charge in [-0.3, -0.25) is 4.57 Å². The maximum Gasteiger partial charge on any atom is 0.367 e. The first kappa shape index (κ1) is 17.6. The van der Waals surface area contributed by atoms with Crippen LogP contribution in [0.5, 0.6) is 5.75 Å². The number of nitrogens with zero attached hydrogens (tertiary/aromatic N) is 1. The summed E-state index contributed by atoms with van der Waals surface area (Å²) in [5.74, 6) is 0.706. The van der Waals surface area contributed by atoms with E-state index in [-0.39, 0.29) is 6.35 Å². The SMILES string of the molecule is CCOP(=O)(COc1cc(C)c(C)c2c1-c1ncsc1C2)OCC. The second kappa shape index (κ2) is 6.96.